The van der Waals surface area contributed by atoms with Gasteiger partial charge in [0.1, 0.15) is 10.2 Å². The number of ether oxygens (including phenoxy) is 2. The van der Waals surface area contributed by atoms with E-state index in [0.717, 1.165) is 30.6 Å². The number of rotatable bonds is 7. The van der Waals surface area contributed by atoms with Gasteiger partial charge in [-0.25, -0.2) is 0 Å². The Morgan fingerprint density at radius 3 is 2.57 bits per heavy atom. The maximum Gasteiger partial charge on any atom is 0.161 e. The van der Waals surface area contributed by atoms with Crippen LogP contribution in [0, 0.1) is 11.3 Å². The Bertz CT molecular complexity index is 767. The van der Waals surface area contributed by atoms with E-state index in [-0.39, 0.29) is 0 Å². The molecule has 2 aliphatic heterocycles. The number of thioether (sulfide) groups is 1. The molecule has 28 heavy (non-hydrogen) atoms. The number of methoxy groups -OCH3 is 2. The van der Waals surface area contributed by atoms with Crippen molar-refractivity contribution in [3.63, 3.8) is 0 Å². The van der Waals surface area contributed by atoms with Crippen LogP contribution in [0.3, 0.4) is 0 Å². The molecular weight excluding hydrogens is 374 g/mol. The van der Waals surface area contributed by atoms with E-state index in [1.165, 1.54) is 31.0 Å². The number of hydrogen-bond donors (Lipinski definition) is 1. The van der Waals surface area contributed by atoms with Crippen molar-refractivity contribution in [2.75, 3.05) is 40.4 Å². The van der Waals surface area contributed by atoms with Gasteiger partial charge in [0.2, 0.25) is 0 Å². The molecule has 1 fully saturated rings. The Morgan fingerprint density at radius 1 is 1.25 bits per heavy atom. The quantitative estimate of drug-likeness (QED) is 0.706. The molecule has 1 aromatic carbocycles. The van der Waals surface area contributed by atoms with Crippen LogP contribution < -0.4 is 9.47 Å². The lowest BCUT2D eigenvalue weighted by atomic mass is 9.95. The van der Waals surface area contributed by atoms with E-state index in [2.05, 4.69) is 16.0 Å². The molecule has 0 aliphatic carbocycles. The van der Waals surface area contributed by atoms with E-state index in [9.17, 15) is 10.4 Å². The molecule has 2 aliphatic rings. The SMILES string of the molecule is COc1cc2c(cc1OC)C(C(C#N)SC(C)(O)CN1CCCCC1)=NCC2. The molecule has 0 radical (unpaired) electrons. The molecule has 1 N–H and O–H groups in total. The van der Waals surface area contributed by atoms with Crippen molar-refractivity contribution in [2.24, 2.45) is 4.99 Å². The zero-order valence-corrected chi connectivity index (χ0v) is 17.7. The van der Waals surface area contributed by atoms with E-state index in [0.29, 0.717) is 30.3 Å². The van der Waals surface area contributed by atoms with Crippen molar-refractivity contribution in [3.05, 3.63) is 23.3 Å². The summed E-state index contributed by atoms with van der Waals surface area (Å²) in [6.45, 7) is 5.01. The van der Waals surface area contributed by atoms with Gasteiger partial charge in [0.25, 0.3) is 0 Å². The lowest BCUT2D eigenvalue weighted by molar-refractivity contribution is 0.0880. The van der Waals surface area contributed by atoms with E-state index < -0.39 is 10.2 Å². The molecule has 1 aromatic rings. The summed E-state index contributed by atoms with van der Waals surface area (Å²) >= 11 is 1.28. The molecule has 2 heterocycles. The average Bonchev–Trinajstić information content (AvgIpc) is 2.71. The first-order valence-corrected chi connectivity index (χ1v) is 10.7. The van der Waals surface area contributed by atoms with Crippen LogP contribution in [0.15, 0.2) is 17.1 Å². The van der Waals surface area contributed by atoms with Gasteiger partial charge >= 0.3 is 0 Å². The van der Waals surface area contributed by atoms with Gasteiger partial charge in [-0.05, 0) is 57.0 Å². The molecule has 152 valence electrons. The summed E-state index contributed by atoms with van der Waals surface area (Å²) in [5.74, 6) is 1.30. The molecule has 2 atom stereocenters. The molecule has 0 saturated carbocycles. The molecule has 0 amide bonds. The Labute approximate surface area is 171 Å². The number of nitriles is 1. The third-order valence-corrected chi connectivity index (χ3v) is 6.45. The van der Waals surface area contributed by atoms with E-state index in [1.807, 2.05) is 12.1 Å². The highest BCUT2D eigenvalue weighted by atomic mass is 32.2. The van der Waals surface area contributed by atoms with Crippen LogP contribution >= 0.6 is 11.8 Å². The first-order valence-electron chi connectivity index (χ1n) is 9.79. The number of benzene rings is 1. The second-order valence-electron chi connectivity index (χ2n) is 7.52. The predicted molar refractivity (Wildman–Crippen MR) is 113 cm³/mol. The van der Waals surface area contributed by atoms with Crippen LogP contribution in [0.4, 0.5) is 0 Å². The normalized spacial score (nSPS) is 20.3. The summed E-state index contributed by atoms with van der Waals surface area (Å²) in [7, 11) is 3.22. The zero-order valence-electron chi connectivity index (χ0n) is 16.9. The van der Waals surface area contributed by atoms with Crippen LogP contribution in [0.1, 0.15) is 37.3 Å². The minimum absolute atomic E-state index is 0.544. The van der Waals surface area contributed by atoms with Crippen LogP contribution in [0.25, 0.3) is 0 Å². The summed E-state index contributed by atoms with van der Waals surface area (Å²) < 4.78 is 10.8. The second-order valence-corrected chi connectivity index (χ2v) is 9.11. The van der Waals surface area contributed by atoms with Gasteiger partial charge in [0.05, 0.1) is 26.0 Å². The molecule has 7 heteroatoms. The van der Waals surface area contributed by atoms with Crippen molar-refractivity contribution in [2.45, 2.75) is 42.8 Å². The highest BCUT2D eigenvalue weighted by molar-refractivity contribution is 8.02. The first-order chi connectivity index (χ1) is 13.5. The van der Waals surface area contributed by atoms with Gasteiger partial charge in [-0.1, -0.05) is 6.42 Å². The number of piperidine rings is 1. The van der Waals surface area contributed by atoms with Crippen molar-refractivity contribution >= 4 is 17.5 Å². The number of likely N-dealkylation sites (tertiary alicyclic amines) is 1. The maximum atomic E-state index is 11.0. The van der Waals surface area contributed by atoms with E-state index >= 15 is 0 Å². The van der Waals surface area contributed by atoms with Crippen molar-refractivity contribution in [1.29, 1.82) is 5.26 Å². The predicted octanol–water partition coefficient (Wildman–Crippen LogP) is 2.87. The average molecular weight is 404 g/mol. The van der Waals surface area contributed by atoms with Crippen LogP contribution in [-0.4, -0.2) is 66.3 Å². The standard InChI is InChI=1S/C21H29N3O3S/c1-21(25,14-24-9-5-4-6-10-24)28-19(13-22)20-16-12-18(27-3)17(26-2)11-15(16)7-8-23-20/h11-12,19,25H,4-10,14H2,1-3H3. The fourth-order valence-electron chi connectivity index (χ4n) is 3.94. The highest BCUT2D eigenvalue weighted by Gasteiger charge is 2.33. The van der Waals surface area contributed by atoms with Crippen LogP contribution in [-0.2, 0) is 6.42 Å². The molecule has 3 rings (SSSR count). The van der Waals surface area contributed by atoms with Gasteiger partial charge in [-0.3, -0.25) is 9.89 Å². The van der Waals surface area contributed by atoms with Crippen LogP contribution in [0.2, 0.25) is 0 Å². The monoisotopic (exact) mass is 403 g/mol. The third-order valence-electron chi connectivity index (χ3n) is 5.25. The fourth-order valence-corrected chi connectivity index (χ4v) is 5.07. The number of nitrogens with zero attached hydrogens (tertiary/aromatic N) is 3. The molecule has 6 nitrogen and oxygen atoms in total. The maximum absolute atomic E-state index is 11.0. The van der Waals surface area contributed by atoms with Gasteiger partial charge in [-0.2, -0.15) is 5.26 Å². The van der Waals surface area contributed by atoms with Gasteiger partial charge in [-0.15, -0.1) is 11.8 Å². The number of β-amino-alcohol motifs (C(OH)–C–C–N with tert-alkyl or cyclic N) is 1. The smallest absolute Gasteiger partial charge is 0.161 e. The van der Waals surface area contributed by atoms with Gasteiger partial charge in [0.15, 0.2) is 11.5 Å². The molecule has 1 saturated heterocycles. The third kappa shape index (κ3) is 4.80. The first kappa shape index (κ1) is 21.0. The Balaban J connectivity index is 1.81. The van der Waals surface area contributed by atoms with E-state index in [4.69, 9.17) is 9.47 Å². The Hall–Kier alpha value is -1.75. The topological polar surface area (TPSA) is 78.1 Å². The lowest BCUT2D eigenvalue weighted by Crippen LogP contribution is -2.43. The zero-order chi connectivity index (χ0) is 20.1. The second kappa shape index (κ2) is 9.17. The van der Waals surface area contributed by atoms with Gasteiger partial charge in [0, 0.05) is 18.7 Å². The Kier molecular flexibility index (Phi) is 6.86. The number of hydrogen-bond acceptors (Lipinski definition) is 7. The summed E-state index contributed by atoms with van der Waals surface area (Å²) in [5, 5.41) is 20.3. The minimum atomic E-state index is -1.02. The number of aliphatic imine (C=N–C) groups is 1. The summed E-state index contributed by atoms with van der Waals surface area (Å²) in [5.41, 5.74) is 2.73. The molecule has 0 spiro atoms. The summed E-state index contributed by atoms with van der Waals surface area (Å²) in [4.78, 5) is 5.92. The van der Waals surface area contributed by atoms with Crippen molar-refractivity contribution in [3.8, 4) is 17.6 Å². The summed E-state index contributed by atoms with van der Waals surface area (Å²) in [6.07, 6.45) is 4.39. The highest BCUT2D eigenvalue weighted by Crippen LogP contribution is 2.36. The van der Waals surface area contributed by atoms with Gasteiger partial charge < -0.3 is 14.6 Å². The molecule has 0 bridgehead atoms. The Morgan fingerprint density at radius 2 is 1.93 bits per heavy atom. The lowest BCUT2D eigenvalue weighted by Gasteiger charge is -2.34. The van der Waals surface area contributed by atoms with Crippen molar-refractivity contribution in [1.82, 2.24) is 4.90 Å². The van der Waals surface area contributed by atoms with E-state index in [1.54, 1.807) is 21.1 Å². The van der Waals surface area contributed by atoms with Crippen molar-refractivity contribution < 1.29 is 14.6 Å². The summed E-state index contributed by atoms with van der Waals surface area (Å²) in [6, 6.07) is 6.22. The molecule has 0 aromatic heterocycles. The number of aliphatic hydroxyl groups is 1. The largest absolute Gasteiger partial charge is 0.493 e. The van der Waals surface area contributed by atoms with Crippen LogP contribution in [0.5, 0.6) is 11.5 Å². The fraction of sp³-hybridized carbons (Fsp3) is 0.619. The number of fused-ring (bicyclic) bond motifs is 1. The molecule has 2 unspecified atom stereocenters. The molecular formula is C21H29N3O3S. The minimum Gasteiger partial charge on any atom is -0.493 e.